The lowest BCUT2D eigenvalue weighted by atomic mass is 10.2. The first-order valence-corrected chi connectivity index (χ1v) is 6.84. The first-order chi connectivity index (χ1) is 10.1. The predicted octanol–water partition coefficient (Wildman–Crippen LogP) is 1.02. The number of rotatable bonds is 7. The van der Waals surface area contributed by atoms with E-state index in [0.29, 0.717) is 19.8 Å². The van der Waals surface area contributed by atoms with E-state index in [9.17, 15) is 9.59 Å². The molecule has 0 spiro atoms. The Labute approximate surface area is 124 Å². The molecule has 1 aromatic carbocycles. The summed E-state index contributed by atoms with van der Waals surface area (Å²) in [5, 5.41) is 3.10. The van der Waals surface area contributed by atoms with E-state index in [1.165, 1.54) is 7.05 Å². The van der Waals surface area contributed by atoms with Crippen molar-refractivity contribution in [3.8, 4) is 0 Å². The molecule has 1 aliphatic rings. The van der Waals surface area contributed by atoms with Gasteiger partial charge in [0.1, 0.15) is 6.04 Å². The molecule has 114 valence electrons. The third-order valence-corrected chi connectivity index (χ3v) is 3.35. The van der Waals surface area contributed by atoms with Gasteiger partial charge in [0.15, 0.2) is 0 Å². The Morgan fingerprint density at radius 1 is 1.33 bits per heavy atom. The number of likely N-dealkylation sites (tertiary alicyclic amines) is 1. The van der Waals surface area contributed by atoms with Crippen LogP contribution >= 0.6 is 0 Å². The lowest BCUT2D eigenvalue weighted by molar-refractivity contribution is -0.136. The van der Waals surface area contributed by atoms with E-state index < -0.39 is 6.04 Å². The molecule has 6 nitrogen and oxygen atoms in total. The third kappa shape index (κ3) is 4.03. The number of nitrogens with one attached hydrogen (secondary N) is 1. The average molecular weight is 292 g/mol. The third-order valence-electron chi connectivity index (χ3n) is 3.35. The van der Waals surface area contributed by atoms with Gasteiger partial charge in [0.05, 0.1) is 26.2 Å². The molecule has 0 bridgehead atoms. The zero-order valence-electron chi connectivity index (χ0n) is 12.3. The van der Waals surface area contributed by atoms with Gasteiger partial charge in [-0.2, -0.15) is 0 Å². The second kappa shape index (κ2) is 7.19. The van der Waals surface area contributed by atoms with Crippen molar-refractivity contribution in [3.05, 3.63) is 29.8 Å². The molecule has 1 N–H and O–H groups in total. The summed E-state index contributed by atoms with van der Waals surface area (Å²) in [5.41, 5.74) is 1.81. The van der Waals surface area contributed by atoms with Crippen LogP contribution in [0.15, 0.2) is 24.3 Å². The van der Waals surface area contributed by atoms with Crippen LogP contribution in [-0.2, 0) is 25.7 Å². The number of methoxy groups -OCH3 is 1. The molecule has 0 radical (unpaired) electrons. The summed E-state index contributed by atoms with van der Waals surface area (Å²) in [6.07, 6.45) is 0.198. The monoisotopic (exact) mass is 292 g/mol. The fourth-order valence-electron chi connectivity index (χ4n) is 2.15. The van der Waals surface area contributed by atoms with Crippen LogP contribution in [0.25, 0.3) is 0 Å². The van der Waals surface area contributed by atoms with Gasteiger partial charge in [0.2, 0.25) is 5.91 Å². The number of likely N-dealkylation sites (N-methyl/N-ethyl adjacent to an activating group) is 1. The zero-order valence-corrected chi connectivity index (χ0v) is 12.3. The van der Waals surface area contributed by atoms with Crippen LogP contribution in [0, 0.1) is 0 Å². The van der Waals surface area contributed by atoms with Crippen molar-refractivity contribution in [2.24, 2.45) is 0 Å². The molecule has 6 heteroatoms. The summed E-state index contributed by atoms with van der Waals surface area (Å²) in [5.74, 6) is -0.349. The Morgan fingerprint density at radius 2 is 2.14 bits per heavy atom. The molecule has 0 saturated carbocycles. The molecule has 1 atom stereocenters. The van der Waals surface area contributed by atoms with Crippen molar-refractivity contribution in [1.29, 1.82) is 0 Å². The number of hydrogen-bond acceptors (Lipinski definition) is 5. The van der Waals surface area contributed by atoms with Gasteiger partial charge < -0.3 is 14.8 Å². The number of ether oxygens (including phenoxy) is 2. The van der Waals surface area contributed by atoms with E-state index in [2.05, 4.69) is 5.32 Å². The number of nitrogens with zero attached hydrogens (tertiary/aromatic N) is 1. The zero-order chi connectivity index (χ0) is 15.2. The Balaban J connectivity index is 1.92. The van der Waals surface area contributed by atoms with E-state index in [0.717, 1.165) is 16.2 Å². The van der Waals surface area contributed by atoms with Gasteiger partial charge in [-0.1, -0.05) is 12.1 Å². The molecule has 1 unspecified atom stereocenters. The molecule has 1 fully saturated rings. The van der Waals surface area contributed by atoms with Gasteiger partial charge in [-0.05, 0) is 17.7 Å². The van der Waals surface area contributed by atoms with Crippen molar-refractivity contribution in [2.45, 2.75) is 19.1 Å². The standard InChI is InChI=1S/C15H20N2O4/c1-17-14(18)9-13(15(17)19)16-12-5-3-4-11(8-12)10-21-7-6-20-2/h3-5,8,13,16H,6-7,9-10H2,1-2H3. The fraction of sp³-hybridized carbons (Fsp3) is 0.467. The fourth-order valence-corrected chi connectivity index (χ4v) is 2.15. The first kappa shape index (κ1) is 15.5. The largest absolute Gasteiger partial charge is 0.382 e. The van der Waals surface area contributed by atoms with E-state index in [-0.39, 0.29) is 18.2 Å². The van der Waals surface area contributed by atoms with Gasteiger partial charge in [-0.25, -0.2) is 0 Å². The molecule has 1 aromatic rings. The number of anilines is 1. The highest BCUT2D eigenvalue weighted by Gasteiger charge is 2.35. The molecule has 0 aromatic heterocycles. The van der Waals surface area contributed by atoms with E-state index in [4.69, 9.17) is 9.47 Å². The Bertz CT molecular complexity index is 518. The lowest BCUT2D eigenvalue weighted by Gasteiger charge is -2.13. The molecule has 1 saturated heterocycles. The van der Waals surface area contributed by atoms with Crippen LogP contribution < -0.4 is 5.32 Å². The normalized spacial score (nSPS) is 18.4. The van der Waals surface area contributed by atoms with Gasteiger partial charge in [0.25, 0.3) is 5.91 Å². The van der Waals surface area contributed by atoms with Crippen LogP contribution in [0.1, 0.15) is 12.0 Å². The number of carbonyl (C=O) groups excluding carboxylic acids is 2. The van der Waals surface area contributed by atoms with Crippen molar-refractivity contribution >= 4 is 17.5 Å². The van der Waals surface area contributed by atoms with Crippen LogP contribution in [0.3, 0.4) is 0 Å². The minimum Gasteiger partial charge on any atom is -0.382 e. The second-order valence-electron chi connectivity index (χ2n) is 4.94. The Hall–Kier alpha value is -1.92. The topological polar surface area (TPSA) is 67.9 Å². The average Bonchev–Trinajstić information content (AvgIpc) is 2.72. The summed E-state index contributed by atoms with van der Waals surface area (Å²) in [7, 11) is 3.14. The summed E-state index contributed by atoms with van der Waals surface area (Å²) < 4.78 is 10.4. The molecule has 0 aliphatic carbocycles. The van der Waals surface area contributed by atoms with Crippen molar-refractivity contribution in [1.82, 2.24) is 4.90 Å². The van der Waals surface area contributed by atoms with E-state index in [1.807, 2.05) is 24.3 Å². The minimum atomic E-state index is -0.479. The minimum absolute atomic E-state index is 0.156. The highest BCUT2D eigenvalue weighted by molar-refractivity contribution is 6.06. The maximum atomic E-state index is 11.9. The molecule has 2 amide bonds. The SMILES string of the molecule is COCCOCc1cccc(NC2CC(=O)N(C)C2=O)c1. The lowest BCUT2D eigenvalue weighted by Crippen LogP contribution is -2.31. The van der Waals surface area contributed by atoms with Crippen LogP contribution in [-0.4, -0.2) is 50.1 Å². The molecule has 1 heterocycles. The summed E-state index contributed by atoms with van der Waals surface area (Å²) in [4.78, 5) is 24.5. The van der Waals surface area contributed by atoms with E-state index >= 15 is 0 Å². The van der Waals surface area contributed by atoms with Crippen molar-refractivity contribution in [3.63, 3.8) is 0 Å². The molecule has 2 rings (SSSR count). The van der Waals surface area contributed by atoms with Crippen LogP contribution in [0.2, 0.25) is 0 Å². The molecule has 21 heavy (non-hydrogen) atoms. The van der Waals surface area contributed by atoms with Crippen LogP contribution in [0.5, 0.6) is 0 Å². The number of hydrogen-bond donors (Lipinski definition) is 1. The van der Waals surface area contributed by atoms with Gasteiger partial charge in [0, 0.05) is 19.8 Å². The smallest absolute Gasteiger partial charge is 0.251 e. The van der Waals surface area contributed by atoms with Crippen molar-refractivity contribution in [2.75, 3.05) is 32.7 Å². The highest BCUT2D eigenvalue weighted by Crippen LogP contribution is 2.18. The molecular weight excluding hydrogens is 272 g/mol. The predicted molar refractivity (Wildman–Crippen MR) is 77.8 cm³/mol. The van der Waals surface area contributed by atoms with Gasteiger partial charge in [-0.3, -0.25) is 14.5 Å². The summed E-state index contributed by atoms with van der Waals surface area (Å²) in [6.45, 7) is 1.58. The van der Waals surface area contributed by atoms with Crippen LogP contribution in [0.4, 0.5) is 5.69 Å². The molecular formula is C15H20N2O4. The number of benzene rings is 1. The Morgan fingerprint density at radius 3 is 2.81 bits per heavy atom. The second-order valence-corrected chi connectivity index (χ2v) is 4.94. The van der Waals surface area contributed by atoms with Gasteiger partial charge in [-0.15, -0.1) is 0 Å². The Kier molecular flexibility index (Phi) is 5.30. The quantitative estimate of drug-likeness (QED) is 0.600. The number of amides is 2. The molecule has 1 aliphatic heterocycles. The van der Waals surface area contributed by atoms with Crippen molar-refractivity contribution < 1.29 is 19.1 Å². The van der Waals surface area contributed by atoms with E-state index in [1.54, 1.807) is 7.11 Å². The summed E-state index contributed by atoms with van der Waals surface area (Å²) >= 11 is 0. The highest BCUT2D eigenvalue weighted by atomic mass is 16.5. The number of imide groups is 1. The first-order valence-electron chi connectivity index (χ1n) is 6.84. The maximum Gasteiger partial charge on any atom is 0.251 e. The number of carbonyl (C=O) groups is 2. The van der Waals surface area contributed by atoms with Gasteiger partial charge >= 0.3 is 0 Å². The maximum absolute atomic E-state index is 11.9. The summed E-state index contributed by atoms with van der Waals surface area (Å²) in [6, 6.07) is 7.15.